The lowest BCUT2D eigenvalue weighted by atomic mass is 10.0. The third-order valence-corrected chi connectivity index (χ3v) is 5.38. The Morgan fingerprint density at radius 1 is 0.818 bits per heavy atom. The molecule has 0 saturated heterocycles. The molecule has 0 unspecified atom stereocenters. The van der Waals surface area contributed by atoms with Crippen molar-refractivity contribution in [1.82, 2.24) is 0 Å². The van der Waals surface area contributed by atoms with Crippen molar-refractivity contribution in [2.75, 3.05) is 0 Å². The Kier molecular flexibility index (Phi) is 6.84. The molecule has 0 radical (unpaired) electrons. The normalized spacial score (nSPS) is 13.5. The van der Waals surface area contributed by atoms with Crippen LogP contribution < -0.4 is 0 Å². The molecule has 1 fully saturated rings. The summed E-state index contributed by atoms with van der Waals surface area (Å²) in [6.45, 7) is 0. The van der Waals surface area contributed by atoms with Crippen molar-refractivity contribution in [3.05, 3.63) is 100 Å². The lowest BCUT2D eigenvalue weighted by molar-refractivity contribution is 0.587. The van der Waals surface area contributed by atoms with Crippen molar-refractivity contribution in [3.63, 3.8) is 0 Å². The Morgan fingerprint density at radius 2 is 1.33 bits per heavy atom. The van der Waals surface area contributed by atoms with E-state index in [-0.39, 0.29) is 16.7 Å². The minimum Gasteiger partial charge on any atom is -0.204 e. The summed E-state index contributed by atoms with van der Waals surface area (Å²) in [4.78, 5) is 3.34. The summed E-state index contributed by atoms with van der Waals surface area (Å²) in [6.07, 6.45) is 3.43. The van der Waals surface area contributed by atoms with E-state index in [1.165, 1.54) is 37.1 Å². The van der Waals surface area contributed by atoms with Gasteiger partial charge in [-0.2, -0.15) is 4.99 Å². The smallest absolute Gasteiger partial charge is 0.166 e. The van der Waals surface area contributed by atoms with Crippen molar-refractivity contribution in [1.29, 1.82) is 0 Å². The van der Waals surface area contributed by atoms with E-state index in [2.05, 4.69) is 29.1 Å². The van der Waals surface area contributed by atoms with Gasteiger partial charge < -0.3 is 0 Å². The van der Waals surface area contributed by atoms with Crippen LogP contribution in [0.4, 0.5) is 23.2 Å². The van der Waals surface area contributed by atoms with Gasteiger partial charge in [0.1, 0.15) is 5.69 Å². The molecule has 1 saturated carbocycles. The zero-order chi connectivity index (χ0) is 23.4. The zero-order valence-electron chi connectivity index (χ0n) is 17.3. The first kappa shape index (κ1) is 22.7. The summed E-state index contributed by atoms with van der Waals surface area (Å²) >= 11 is 4.36. The van der Waals surface area contributed by atoms with Crippen LogP contribution in [0.25, 0.3) is 11.7 Å². The monoisotopic (exact) mass is 463 g/mol. The summed E-state index contributed by atoms with van der Waals surface area (Å²) in [5, 5.41) is 1.92. The van der Waals surface area contributed by atoms with Crippen LogP contribution in [-0.4, -0.2) is 5.16 Å². The molecular weight excluding hydrogens is 446 g/mol. The first-order valence-electron chi connectivity index (χ1n) is 10.3. The highest BCUT2D eigenvalue weighted by molar-refractivity contribution is 7.78. The summed E-state index contributed by atoms with van der Waals surface area (Å²) in [5.74, 6) is 2.37. The average molecular weight is 463 g/mol. The van der Waals surface area contributed by atoms with E-state index in [0.717, 1.165) is 30.0 Å². The fraction of sp³-hybridized carbons (Fsp3) is 0.148. The van der Waals surface area contributed by atoms with Gasteiger partial charge in [-0.1, -0.05) is 48.2 Å². The molecule has 0 aromatic heterocycles. The minimum absolute atomic E-state index is 0.0691. The highest BCUT2D eigenvalue weighted by Crippen LogP contribution is 2.34. The Hall–Kier alpha value is -3.52. The van der Waals surface area contributed by atoms with Gasteiger partial charge in [0, 0.05) is 22.3 Å². The molecule has 0 amide bonds. The number of rotatable bonds is 5. The Bertz CT molecular complexity index is 1300. The van der Waals surface area contributed by atoms with Crippen LogP contribution in [0.2, 0.25) is 0 Å². The molecule has 0 atom stereocenters. The number of nitrogens with zero attached hydrogens (tertiary/aromatic N) is 1. The quantitative estimate of drug-likeness (QED) is 0.124. The number of aliphatic imine (C=N–C) groups is 1. The number of halogens is 4. The molecule has 0 N–H and O–H groups in total. The Balaban J connectivity index is 1.50. The van der Waals surface area contributed by atoms with E-state index < -0.39 is 29.0 Å². The van der Waals surface area contributed by atoms with Crippen molar-refractivity contribution < 1.29 is 17.6 Å². The van der Waals surface area contributed by atoms with Gasteiger partial charge in [0.05, 0.1) is 5.16 Å². The fourth-order valence-corrected chi connectivity index (χ4v) is 3.42. The van der Waals surface area contributed by atoms with Crippen LogP contribution >= 0.6 is 12.2 Å². The zero-order valence-corrected chi connectivity index (χ0v) is 18.2. The number of hydrogen-bond acceptors (Lipinski definition) is 2. The molecule has 3 aromatic rings. The summed E-state index contributed by atoms with van der Waals surface area (Å²) in [6, 6.07) is 14.7. The molecule has 33 heavy (non-hydrogen) atoms. The maximum Gasteiger partial charge on any atom is 0.166 e. The van der Waals surface area contributed by atoms with Gasteiger partial charge in [0.2, 0.25) is 0 Å². The van der Waals surface area contributed by atoms with Gasteiger partial charge in [-0.05, 0) is 67.2 Å². The van der Waals surface area contributed by atoms with Gasteiger partial charge in [0.25, 0.3) is 0 Å². The van der Waals surface area contributed by atoms with E-state index in [1.807, 2.05) is 17.3 Å². The number of thiocarbonyl (C=S) groups is 1. The largest absolute Gasteiger partial charge is 0.204 e. The third kappa shape index (κ3) is 5.64. The van der Waals surface area contributed by atoms with E-state index in [1.54, 1.807) is 12.1 Å². The van der Waals surface area contributed by atoms with Crippen LogP contribution in [-0.2, 0) is 6.42 Å². The number of isothiocyanates is 1. The van der Waals surface area contributed by atoms with Crippen molar-refractivity contribution in [2.45, 2.75) is 19.3 Å². The fourth-order valence-electron chi connectivity index (χ4n) is 3.33. The molecule has 0 heterocycles. The van der Waals surface area contributed by atoms with Crippen LogP contribution in [0, 0.1) is 29.4 Å². The molecule has 4 rings (SSSR count). The lowest BCUT2D eigenvalue weighted by Gasteiger charge is -2.05. The highest BCUT2D eigenvalue weighted by Gasteiger charge is 2.21. The maximum atomic E-state index is 14.7. The Labute approximate surface area is 194 Å². The van der Waals surface area contributed by atoms with E-state index in [0.29, 0.717) is 5.56 Å². The van der Waals surface area contributed by atoms with Gasteiger partial charge in [0.15, 0.2) is 23.3 Å². The van der Waals surface area contributed by atoms with Crippen LogP contribution in [0.15, 0.2) is 65.7 Å². The SMILES string of the molecule is F/C(=C(/F)c1ccc(CC2CC2)cc1)c1ccc(C#Cc2cc(F)c(N=C=S)c(F)c2)cc1. The second-order valence-electron chi connectivity index (χ2n) is 7.79. The van der Waals surface area contributed by atoms with E-state index >= 15 is 0 Å². The lowest BCUT2D eigenvalue weighted by Crippen LogP contribution is -1.89. The molecule has 164 valence electrons. The molecule has 6 heteroatoms. The van der Waals surface area contributed by atoms with Gasteiger partial charge in [-0.15, -0.1) is 0 Å². The molecule has 3 aromatic carbocycles. The first-order valence-corrected chi connectivity index (χ1v) is 10.7. The minimum atomic E-state index is -0.969. The number of benzene rings is 3. The Morgan fingerprint density at radius 3 is 1.85 bits per heavy atom. The standard InChI is InChI=1S/C27H17F4NS/c28-23-14-20(15-24(29)27(23)32-16-33)4-1-17-5-9-21(10-6-17)25(30)26(31)22-11-7-19(8-12-22)13-18-2-3-18/h5-12,14-15,18H,2-3,13H2/b26-25+. The van der Waals surface area contributed by atoms with Crippen molar-refractivity contribution in [3.8, 4) is 11.8 Å². The van der Waals surface area contributed by atoms with Crippen LogP contribution in [0.5, 0.6) is 0 Å². The van der Waals surface area contributed by atoms with Gasteiger partial charge in [-0.25, -0.2) is 17.6 Å². The maximum absolute atomic E-state index is 14.7. The summed E-state index contributed by atoms with van der Waals surface area (Å²) in [5.41, 5.74) is 1.42. The summed E-state index contributed by atoms with van der Waals surface area (Å²) in [7, 11) is 0. The van der Waals surface area contributed by atoms with Crippen LogP contribution in [0.1, 0.15) is 40.7 Å². The van der Waals surface area contributed by atoms with Gasteiger partial charge in [-0.3, -0.25) is 0 Å². The molecular formula is C27H17F4NS. The molecule has 1 aliphatic rings. The third-order valence-electron chi connectivity index (χ3n) is 5.29. The number of hydrogen-bond donors (Lipinski definition) is 0. The first-order chi connectivity index (χ1) is 15.9. The van der Waals surface area contributed by atoms with E-state index in [9.17, 15) is 17.6 Å². The van der Waals surface area contributed by atoms with E-state index in [4.69, 9.17) is 0 Å². The molecule has 0 spiro atoms. The van der Waals surface area contributed by atoms with Crippen LogP contribution in [0.3, 0.4) is 0 Å². The molecule has 0 aliphatic heterocycles. The molecule has 0 bridgehead atoms. The second kappa shape index (κ2) is 9.95. The summed E-state index contributed by atoms with van der Waals surface area (Å²) < 4.78 is 57.1. The molecule has 1 aliphatic carbocycles. The van der Waals surface area contributed by atoms with Gasteiger partial charge >= 0.3 is 0 Å². The van der Waals surface area contributed by atoms with Crippen molar-refractivity contribution in [2.24, 2.45) is 10.9 Å². The van der Waals surface area contributed by atoms with Crippen molar-refractivity contribution >= 4 is 34.7 Å². The highest BCUT2D eigenvalue weighted by atomic mass is 32.1. The second-order valence-corrected chi connectivity index (χ2v) is 7.97. The average Bonchev–Trinajstić information content (AvgIpc) is 3.64. The predicted octanol–water partition coefficient (Wildman–Crippen LogP) is 7.82. The molecule has 1 nitrogen and oxygen atoms in total. The topological polar surface area (TPSA) is 12.4 Å². The predicted molar refractivity (Wildman–Crippen MR) is 125 cm³/mol.